The van der Waals surface area contributed by atoms with Gasteiger partial charge in [-0.2, -0.15) is 0 Å². The van der Waals surface area contributed by atoms with Crippen molar-refractivity contribution in [2.45, 2.75) is 90.8 Å². The second-order valence-corrected chi connectivity index (χ2v) is 12.5. The van der Waals surface area contributed by atoms with Gasteiger partial charge in [-0.05, 0) is 63.5 Å². The van der Waals surface area contributed by atoms with Crippen LogP contribution < -0.4 is 0 Å². The van der Waals surface area contributed by atoms with Gasteiger partial charge in [0.25, 0.3) is 0 Å². The number of hydrogen-bond acceptors (Lipinski definition) is 7. The number of carbonyl (C=O) groups excluding carboxylic acids is 3. The Hall–Kier alpha value is -1.83. The molecule has 1 saturated heterocycles. The normalized spacial score (nSPS) is 45.3. The van der Waals surface area contributed by atoms with Crippen LogP contribution in [0.4, 0.5) is 0 Å². The summed E-state index contributed by atoms with van der Waals surface area (Å²) in [6.07, 6.45) is 6.84. The molecule has 0 aromatic rings. The Morgan fingerprint density at radius 1 is 1.23 bits per heavy atom. The summed E-state index contributed by atoms with van der Waals surface area (Å²) >= 11 is 0. The second-order valence-electron chi connectivity index (χ2n) is 12.5. The fourth-order valence-electron chi connectivity index (χ4n) is 8.33. The minimum atomic E-state index is -1.29. The molecule has 8 atom stereocenters. The summed E-state index contributed by atoms with van der Waals surface area (Å²) in [6.45, 7) is 10.9. The first-order valence-electron chi connectivity index (χ1n) is 13.0. The van der Waals surface area contributed by atoms with Crippen LogP contribution in [0.15, 0.2) is 23.8 Å². The molecule has 4 fully saturated rings. The van der Waals surface area contributed by atoms with Gasteiger partial charge in [-0.15, -0.1) is 0 Å². The van der Waals surface area contributed by atoms with Crippen molar-refractivity contribution >= 4 is 17.5 Å². The molecule has 192 valence electrons. The van der Waals surface area contributed by atoms with Crippen molar-refractivity contribution in [2.24, 2.45) is 34.5 Å². The first-order chi connectivity index (χ1) is 16.2. The fourth-order valence-corrected chi connectivity index (χ4v) is 8.33. The topological polar surface area (TPSA) is 99.1 Å². The molecule has 0 aromatic carbocycles. The third-order valence-corrected chi connectivity index (χ3v) is 9.72. The molecule has 3 saturated carbocycles. The van der Waals surface area contributed by atoms with E-state index >= 15 is 0 Å². The first kappa shape index (κ1) is 24.8. The third kappa shape index (κ3) is 3.37. The molecule has 1 heterocycles. The van der Waals surface area contributed by atoms with E-state index in [9.17, 15) is 19.5 Å². The number of esters is 1. The molecule has 0 amide bonds. The SMILES string of the molecule is CC(C)C(=O)OCC(=O)[C@@]12OC(C)(C)O[C@@H]1C[C@H]1C3CCC4=CC(=O)C=C[C@]4(C)[C@H]3[C@@H](O)C[C@@]12C. The van der Waals surface area contributed by atoms with Crippen LogP contribution in [0, 0.1) is 34.5 Å². The number of fused-ring (bicyclic) bond motifs is 7. The van der Waals surface area contributed by atoms with Gasteiger partial charge in [-0.25, -0.2) is 0 Å². The number of carbonyl (C=O) groups is 3. The van der Waals surface area contributed by atoms with Gasteiger partial charge in [0.1, 0.15) is 0 Å². The van der Waals surface area contributed by atoms with Crippen LogP contribution in [-0.4, -0.2) is 52.8 Å². The Balaban J connectivity index is 1.52. The lowest BCUT2D eigenvalue weighted by atomic mass is 9.46. The van der Waals surface area contributed by atoms with E-state index in [-0.39, 0.29) is 47.3 Å². The highest BCUT2D eigenvalue weighted by Gasteiger charge is 2.76. The molecule has 0 aromatic heterocycles. The molecule has 0 radical (unpaired) electrons. The van der Waals surface area contributed by atoms with Crippen molar-refractivity contribution in [3.63, 3.8) is 0 Å². The van der Waals surface area contributed by atoms with Gasteiger partial charge >= 0.3 is 5.97 Å². The average Bonchev–Trinajstić information content (AvgIpc) is 3.17. The third-order valence-electron chi connectivity index (χ3n) is 9.72. The molecular weight excluding hydrogens is 448 g/mol. The molecule has 1 aliphatic heterocycles. The van der Waals surface area contributed by atoms with Crippen LogP contribution in [0.5, 0.6) is 0 Å². The van der Waals surface area contributed by atoms with Crippen molar-refractivity contribution in [3.05, 3.63) is 23.8 Å². The minimum absolute atomic E-state index is 0.00554. The predicted octanol–water partition coefficient (Wildman–Crippen LogP) is 3.53. The molecule has 0 bridgehead atoms. The van der Waals surface area contributed by atoms with Crippen molar-refractivity contribution in [2.75, 3.05) is 6.61 Å². The van der Waals surface area contributed by atoms with Crippen molar-refractivity contribution < 1.29 is 33.7 Å². The van der Waals surface area contributed by atoms with E-state index in [1.807, 2.05) is 19.9 Å². The zero-order valence-corrected chi connectivity index (χ0v) is 21.6. The van der Waals surface area contributed by atoms with Crippen molar-refractivity contribution in [1.82, 2.24) is 0 Å². The zero-order valence-electron chi connectivity index (χ0n) is 21.6. The maximum atomic E-state index is 13.9. The van der Waals surface area contributed by atoms with Gasteiger partial charge in [0.15, 0.2) is 23.8 Å². The Labute approximate surface area is 207 Å². The lowest BCUT2D eigenvalue weighted by Crippen LogP contribution is -2.64. The number of Topliss-reactive ketones (excluding diaryl/α,β-unsaturated/α-hetero) is 1. The van der Waals surface area contributed by atoms with Crippen LogP contribution in [-0.2, 0) is 28.6 Å². The average molecular weight is 487 g/mol. The molecule has 1 unspecified atom stereocenters. The standard InChI is InChI=1S/C28H38O7/c1-15(2)24(32)33-14-21(31)28-22(34-25(3,4)35-28)12-19-18-8-7-16-11-17(29)9-10-26(16,5)23(18)20(30)13-27(19,28)6/h9-11,15,18-20,22-23,30H,7-8,12-14H2,1-6H3/t18?,19-,20-,22+,23+,26-,27-,28+/m0/s1. The van der Waals surface area contributed by atoms with Gasteiger partial charge in [-0.3, -0.25) is 14.4 Å². The number of aliphatic hydroxyl groups is 1. The molecule has 1 N–H and O–H groups in total. The summed E-state index contributed by atoms with van der Waals surface area (Å²) in [7, 11) is 0. The maximum absolute atomic E-state index is 13.9. The summed E-state index contributed by atoms with van der Waals surface area (Å²) in [5.41, 5.74) is -1.27. The van der Waals surface area contributed by atoms with Gasteiger partial charge in [0.2, 0.25) is 5.78 Å². The summed E-state index contributed by atoms with van der Waals surface area (Å²) in [5.74, 6) is -1.82. The van der Waals surface area contributed by atoms with E-state index in [4.69, 9.17) is 14.2 Å². The van der Waals surface area contributed by atoms with Crippen LogP contribution in [0.25, 0.3) is 0 Å². The molecule has 7 heteroatoms. The zero-order chi connectivity index (χ0) is 25.6. The fraction of sp³-hybridized carbons (Fsp3) is 0.750. The largest absolute Gasteiger partial charge is 0.457 e. The van der Waals surface area contributed by atoms with Gasteiger partial charge in [0, 0.05) is 16.7 Å². The summed E-state index contributed by atoms with van der Waals surface area (Å²) in [4.78, 5) is 38.1. The Kier molecular flexibility index (Phi) is 5.56. The van der Waals surface area contributed by atoms with Crippen LogP contribution in [0.2, 0.25) is 0 Å². The highest BCUT2D eigenvalue weighted by molar-refractivity contribution is 6.01. The molecule has 7 nitrogen and oxygen atoms in total. The number of ether oxygens (including phenoxy) is 3. The Morgan fingerprint density at radius 2 is 1.94 bits per heavy atom. The number of rotatable bonds is 4. The number of allylic oxidation sites excluding steroid dienone is 4. The lowest BCUT2D eigenvalue weighted by Gasteiger charge is -2.59. The summed E-state index contributed by atoms with van der Waals surface area (Å²) < 4.78 is 18.2. The van der Waals surface area contributed by atoms with Crippen LogP contribution in [0.1, 0.15) is 67.2 Å². The maximum Gasteiger partial charge on any atom is 0.308 e. The molecule has 35 heavy (non-hydrogen) atoms. The van der Waals surface area contributed by atoms with E-state index in [1.165, 1.54) is 0 Å². The van der Waals surface area contributed by atoms with E-state index in [2.05, 4.69) is 13.8 Å². The van der Waals surface area contributed by atoms with Gasteiger partial charge < -0.3 is 19.3 Å². The second kappa shape index (κ2) is 7.83. The van der Waals surface area contributed by atoms with E-state index in [1.54, 1.807) is 26.0 Å². The minimum Gasteiger partial charge on any atom is -0.457 e. The quantitative estimate of drug-likeness (QED) is 0.607. The van der Waals surface area contributed by atoms with Crippen LogP contribution in [0.3, 0.4) is 0 Å². The van der Waals surface area contributed by atoms with E-state index < -0.39 is 35.0 Å². The summed E-state index contributed by atoms with van der Waals surface area (Å²) in [5, 5.41) is 11.7. The van der Waals surface area contributed by atoms with Crippen molar-refractivity contribution in [3.8, 4) is 0 Å². The Morgan fingerprint density at radius 3 is 2.63 bits per heavy atom. The van der Waals surface area contributed by atoms with Crippen molar-refractivity contribution in [1.29, 1.82) is 0 Å². The highest BCUT2D eigenvalue weighted by atomic mass is 16.8. The Bertz CT molecular complexity index is 1020. The lowest BCUT2D eigenvalue weighted by molar-refractivity contribution is -0.226. The molecule has 5 aliphatic rings. The smallest absolute Gasteiger partial charge is 0.308 e. The number of aliphatic hydroxyl groups excluding tert-OH is 1. The summed E-state index contributed by atoms with van der Waals surface area (Å²) in [6, 6.07) is 0. The van der Waals surface area contributed by atoms with Gasteiger partial charge in [-0.1, -0.05) is 39.3 Å². The van der Waals surface area contributed by atoms with E-state index in [0.29, 0.717) is 12.8 Å². The predicted molar refractivity (Wildman–Crippen MR) is 127 cm³/mol. The molecule has 0 spiro atoms. The number of ketones is 2. The van der Waals surface area contributed by atoms with Gasteiger partial charge in [0.05, 0.1) is 18.1 Å². The molecule has 4 aliphatic carbocycles. The van der Waals surface area contributed by atoms with Crippen LogP contribution >= 0.6 is 0 Å². The molecule has 5 rings (SSSR count). The highest BCUT2D eigenvalue weighted by Crippen LogP contribution is 2.70. The molecular formula is C28H38O7. The van der Waals surface area contributed by atoms with E-state index in [0.717, 1.165) is 18.4 Å². The monoisotopic (exact) mass is 486 g/mol. The number of hydrogen-bond donors (Lipinski definition) is 1. The first-order valence-corrected chi connectivity index (χ1v) is 13.0.